The molecule has 8 nitrogen and oxygen atoms in total. The predicted octanol–water partition coefficient (Wildman–Crippen LogP) is 0.0482. The highest BCUT2D eigenvalue weighted by molar-refractivity contribution is 7.88. The summed E-state index contributed by atoms with van der Waals surface area (Å²) in [6, 6.07) is 1.72. The van der Waals surface area contributed by atoms with Crippen LogP contribution in [0.5, 0.6) is 0 Å². The van der Waals surface area contributed by atoms with E-state index < -0.39 is 10.0 Å². The molecule has 128 valence electrons. The van der Waals surface area contributed by atoms with Crippen LogP contribution in [0.25, 0.3) is 0 Å². The normalized spacial score (nSPS) is 20.8. The summed E-state index contributed by atoms with van der Waals surface area (Å²) in [6.45, 7) is 4.85. The maximum Gasteiger partial charge on any atom is 0.228 e. The number of morpholine rings is 1. The topological polar surface area (TPSA) is 78.9 Å². The van der Waals surface area contributed by atoms with Crippen molar-refractivity contribution in [3.8, 4) is 0 Å². The number of sulfonamides is 1. The zero-order valence-electron chi connectivity index (χ0n) is 13.0. The Morgan fingerprint density at radius 2 is 1.70 bits per heavy atom. The van der Waals surface area contributed by atoms with Crippen LogP contribution in [0, 0.1) is 0 Å². The predicted molar refractivity (Wildman–Crippen MR) is 88.7 cm³/mol. The van der Waals surface area contributed by atoms with E-state index in [1.165, 1.54) is 10.6 Å². The number of hydrogen-bond donors (Lipinski definition) is 0. The van der Waals surface area contributed by atoms with E-state index in [2.05, 4.69) is 9.97 Å². The first kappa shape index (κ1) is 16.7. The Morgan fingerprint density at radius 3 is 2.30 bits per heavy atom. The van der Waals surface area contributed by atoms with E-state index in [0.717, 1.165) is 18.9 Å². The minimum absolute atomic E-state index is 0.391. The molecule has 0 aliphatic carbocycles. The Balaban J connectivity index is 1.74. The monoisotopic (exact) mass is 361 g/mol. The second-order valence-corrected chi connectivity index (χ2v) is 7.97. The van der Waals surface area contributed by atoms with Gasteiger partial charge in [-0.2, -0.15) is 9.29 Å². The molecule has 0 atom stereocenters. The van der Waals surface area contributed by atoms with Gasteiger partial charge in [0, 0.05) is 45.3 Å². The summed E-state index contributed by atoms with van der Waals surface area (Å²) in [6.07, 6.45) is 1.24. The molecule has 0 N–H and O–H groups in total. The molecule has 2 aliphatic rings. The van der Waals surface area contributed by atoms with E-state index in [9.17, 15) is 8.42 Å². The number of anilines is 2. The first-order valence-corrected chi connectivity index (χ1v) is 9.73. The van der Waals surface area contributed by atoms with Crippen molar-refractivity contribution < 1.29 is 13.2 Å². The third-order valence-electron chi connectivity index (χ3n) is 4.00. The Labute approximate surface area is 141 Å². The van der Waals surface area contributed by atoms with E-state index in [1.807, 2.05) is 9.80 Å². The SMILES string of the molecule is CS(=O)(=O)N1CCN(c2cc(Cl)nc(N3CCOCC3)n2)CC1. The maximum atomic E-state index is 11.6. The summed E-state index contributed by atoms with van der Waals surface area (Å²) < 4.78 is 30.0. The van der Waals surface area contributed by atoms with E-state index in [-0.39, 0.29) is 0 Å². The van der Waals surface area contributed by atoms with Gasteiger partial charge in [-0.05, 0) is 0 Å². The molecule has 2 aliphatic heterocycles. The summed E-state index contributed by atoms with van der Waals surface area (Å²) in [7, 11) is -3.14. The van der Waals surface area contributed by atoms with Crippen molar-refractivity contribution in [3.05, 3.63) is 11.2 Å². The Kier molecular flexibility index (Phi) is 4.90. The molecule has 2 saturated heterocycles. The fraction of sp³-hybridized carbons (Fsp3) is 0.692. The molecule has 3 heterocycles. The summed E-state index contributed by atoms with van der Waals surface area (Å²) in [5, 5.41) is 0.391. The number of nitrogens with zero attached hydrogens (tertiary/aromatic N) is 5. The number of hydrogen-bond acceptors (Lipinski definition) is 7. The van der Waals surface area contributed by atoms with Crippen molar-refractivity contribution in [2.24, 2.45) is 0 Å². The van der Waals surface area contributed by atoms with Gasteiger partial charge in [-0.1, -0.05) is 11.6 Å². The molecule has 1 aromatic rings. The van der Waals surface area contributed by atoms with Crippen LogP contribution >= 0.6 is 11.6 Å². The van der Waals surface area contributed by atoms with Crippen molar-refractivity contribution >= 4 is 33.4 Å². The second kappa shape index (κ2) is 6.76. The van der Waals surface area contributed by atoms with Gasteiger partial charge >= 0.3 is 0 Å². The van der Waals surface area contributed by atoms with Crippen molar-refractivity contribution in [1.82, 2.24) is 14.3 Å². The van der Waals surface area contributed by atoms with Crippen LogP contribution in [-0.4, -0.2) is 81.4 Å². The summed E-state index contributed by atoms with van der Waals surface area (Å²) in [5.74, 6) is 1.33. The standard InChI is InChI=1S/C13H20ClN5O3S/c1-23(20,21)19-4-2-17(3-5-19)12-10-11(14)15-13(16-12)18-6-8-22-9-7-18/h10H,2-9H2,1H3. The van der Waals surface area contributed by atoms with Crippen molar-refractivity contribution in [2.45, 2.75) is 0 Å². The molecule has 3 rings (SSSR count). The molecular weight excluding hydrogens is 342 g/mol. The highest BCUT2D eigenvalue weighted by Gasteiger charge is 2.25. The lowest BCUT2D eigenvalue weighted by molar-refractivity contribution is 0.122. The number of ether oxygens (including phenoxy) is 1. The lowest BCUT2D eigenvalue weighted by Gasteiger charge is -2.34. The third-order valence-corrected chi connectivity index (χ3v) is 5.49. The Morgan fingerprint density at radius 1 is 1.04 bits per heavy atom. The molecule has 0 bridgehead atoms. The van der Waals surface area contributed by atoms with Crippen molar-refractivity contribution in [2.75, 3.05) is 68.5 Å². The molecule has 2 fully saturated rings. The van der Waals surface area contributed by atoms with Crippen LogP contribution in [0.4, 0.5) is 11.8 Å². The van der Waals surface area contributed by atoms with Crippen LogP contribution in [0.15, 0.2) is 6.07 Å². The fourth-order valence-electron chi connectivity index (χ4n) is 2.71. The van der Waals surface area contributed by atoms with Gasteiger partial charge in [0.2, 0.25) is 16.0 Å². The van der Waals surface area contributed by atoms with E-state index in [1.54, 1.807) is 6.07 Å². The first-order chi connectivity index (χ1) is 10.9. The molecule has 0 spiro atoms. The van der Waals surface area contributed by atoms with Crippen LogP contribution in [0.1, 0.15) is 0 Å². The fourth-order valence-corrected chi connectivity index (χ4v) is 3.71. The summed E-state index contributed by atoms with van der Waals surface area (Å²) in [5.41, 5.74) is 0. The summed E-state index contributed by atoms with van der Waals surface area (Å²) in [4.78, 5) is 13.0. The second-order valence-electron chi connectivity index (χ2n) is 5.60. The van der Waals surface area contributed by atoms with Gasteiger partial charge in [-0.3, -0.25) is 0 Å². The van der Waals surface area contributed by atoms with Gasteiger partial charge in [0.25, 0.3) is 0 Å². The summed E-state index contributed by atoms with van der Waals surface area (Å²) >= 11 is 6.15. The Bertz CT molecular complexity index is 658. The Hall–Kier alpha value is -1.16. The van der Waals surface area contributed by atoms with Gasteiger partial charge in [0.1, 0.15) is 11.0 Å². The minimum atomic E-state index is -3.14. The molecular formula is C13H20ClN5O3S. The lowest BCUT2D eigenvalue weighted by Crippen LogP contribution is -2.48. The lowest BCUT2D eigenvalue weighted by atomic mass is 10.3. The number of piperazine rings is 1. The molecule has 0 saturated carbocycles. The highest BCUT2D eigenvalue weighted by atomic mass is 35.5. The smallest absolute Gasteiger partial charge is 0.228 e. The average molecular weight is 362 g/mol. The molecule has 10 heteroatoms. The zero-order valence-corrected chi connectivity index (χ0v) is 14.6. The van der Waals surface area contributed by atoms with Crippen LogP contribution in [0.2, 0.25) is 5.15 Å². The molecule has 1 aromatic heterocycles. The largest absolute Gasteiger partial charge is 0.378 e. The van der Waals surface area contributed by atoms with Gasteiger partial charge in [-0.25, -0.2) is 13.4 Å². The van der Waals surface area contributed by atoms with Crippen LogP contribution < -0.4 is 9.80 Å². The molecule has 0 aromatic carbocycles. The average Bonchev–Trinajstić information content (AvgIpc) is 2.54. The van der Waals surface area contributed by atoms with Gasteiger partial charge < -0.3 is 14.5 Å². The quantitative estimate of drug-likeness (QED) is 0.704. The van der Waals surface area contributed by atoms with Crippen LogP contribution in [-0.2, 0) is 14.8 Å². The van der Waals surface area contributed by atoms with Gasteiger partial charge in [0.05, 0.1) is 19.5 Å². The third kappa shape index (κ3) is 4.03. The number of rotatable bonds is 3. The maximum absolute atomic E-state index is 11.6. The minimum Gasteiger partial charge on any atom is -0.378 e. The number of aromatic nitrogens is 2. The molecule has 23 heavy (non-hydrogen) atoms. The van der Waals surface area contributed by atoms with Gasteiger partial charge in [0.15, 0.2) is 0 Å². The van der Waals surface area contributed by atoms with Crippen molar-refractivity contribution in [1.29, 1.82) is 0 Å². The highest BCUT2D eigenvalue weighted by Crippen LogP contribution is 2.22. The van der Waals surface area contributed by atoms with Crippen LogP contribution in [0.3, 0.4) is 0 Å². The molecule has 0 amide bonds. The van der Waals surface area contributed by atoms with Gasteiger partial charge in [-0.15, -0.1) is 0 Å². The van der Waals surface area contributed by atoms with E-state index in [4.69, 9.17) is 16.3 Å². The van der Waals surface area contributed by atoms with E-state index in [0.29, 0.717) is 50.5 Å². The molecule has 0 radical (unpaired) electrons. The zero-order chi connectivity index (χ0) is 16.4. The first-order valence-electron chi connectivity index (χ1n) is 7.51. The van der Waals surface area contributed by atoms with Crippen molar-refractivity contribution in [3.63, 3.8) is 0 Å². The number of halogens is 1. The van der Waals surface area contributed by atoms with E-state index >= 15 is 0 Å². The molecule has 0 unspecified atom stereocenters.